The summed E-state index contributed by atoms with van der Waals surface area (Å²) in [5.74, 6) is 0.0165. The fourth-order valence-electron chi connectivity index (χ4n) is 3.27. The Bertz CT molecular complexity index is 981. The summed E-state index contributed by atoms with van der Waals surface area (Å²) in [6.07, 6.45) is 0. The number of thiazole rings is 1. The smallest absolute Gasteiger partial charge is 0.260 e. The summed E-state index contributed by atoms with van der Waals surface area (Å²) in [7, 11) is 0. The lowest BCUT2D eigenvalue weighted by molar-refractivity contribution is 0.0983. The number of nitrogens with zero attached hydrogens (tertiary/aromatic N) is 3. The first-order valence-electron chi connectivity index (χ1n) is 9.60. The van der Waals surface area contributed by atoms with E-state index in [0.717, 1.165) is 56.1 Å². The Balaban J connectivity index is 1.98. The van der Waals surface area contributed by atoms with E-state index in [2.05, 4.69) is 46.8 Å². The Hall–Kier alpha value is -1.76. The van der Waals surface area contributed by atoms with Crippen LogP contribution in [0.3, 0.4) is 0 Å². The van der Waals surface area contributed by atoms with Crippen molar-refractivity contribution in [1.82, 2.24) is 9.88 Å². The second-order valence-electron chi connectivity index (χ2n) is 6.91. The Morgan fingerprint density at radius 1 is 1.07 bits per heavy atom. The molecule has 4 nitrogen and oxygen atoms in total. The summed E-state index contributed by atoms with van der Waals surface area (Å²) in [6, 6.07) is 12.0. The van der Waals surface area contributed by atoms with E-state index in [1.807, 2.05) is 43.0 Å². The van der Waals surface area contributed by atoms with Gasteiger partial charge in [-0.05, 0) is 56.8 Å². The number of fused-ring (bicyclic) bond motifs is 1. The highest BCUT2D eigenvalue weighted by Gasteiger charge is 2.23. The molecule has 1 heterocycles. The molecule has 0 atom stereocenters. The summed E-state index contributed by atoms with van der Waals surface area (Å²) < 4.78 is 2.09. The number of carbonyl (C=O) groups is 1. The maximum atomic E-state index is 13.5. The van der Waals surface area contributed by atoms with Crippen LogP contribution in [0.2, 0.25) is 0 Å². The Labute approximate surface area is 179 Å². The zero-order valence-corrected chi connectivity index (χ0v) is 19.2. The van der Waals surface area contributed by atoms with Crippen molar-refractivity contribution in [3.05, 3.63) is 57.6 Å². The van der Waals surface area contributed by atoms with Gasteiger partial charge in [-0.1, -0.05) is 58.8 Å². The number of benzene rings is 2. The first-order valence-corrected chi connectivity index (χ1v) is 11.2. The number of rotatable bonds is 7. The molecule has 1 amide bonds. The van der Waals surface area contributed by atoms with Crippen LogP contribution in [0, 0.1) is 13.8 Å². The average molecular weight is 460 g/mol. The monoisotopic (exact) mass is 459 g/mol. The van der Waals surface area contributed by atoms with E-state index in [0.29, 0.717) is 6.54 Å². The number of hydrogen-bond acceptors (Lipinski definition) is 4. The third-order valence-corrected chi connectivity index (χ3v) is 6.50. The molecule has 28 heavy (non-hydrogen) atoms. The third-order valence-electron chi connectivity index (χ3n) is 4.96. The van der Waals surface area contributed by atoms with Crippen LogP contribution in [0.25, 0.3) is 10.2 Å². The van der Waals surface area contributed by atoms with Crippen molar-refractivity contribution >= 4 is 48.5 Å². The van der Waals surface area contributed by atoms with Gasteiger partial charge in [0.15, 0.2) is 5.13 Å². The SMILES string of the molecule is CCN(CC)CCN(C(=O)c1ccc(C)cc1C)c1nc2ccc(Br)cc2s1. The van der Waals surface area contributed by atoms with Crippen LogP contribution in [-0.2, 0) is 0 Å². The molecular weight excluding hydrogens is 434 g/mol. The standard InChI is InChI=1S/C22H26BrN3OS/c1-5-25(6-2)11-12-26(21(27)18-9-7-15(3)13-16(18)4)22-24-19-10-8-17(23)14-20(19)28-22/h7-10,13-14H,5-6,11-12H2,1-4H3. The van der Waals surface area contributed by atoms with E-state index in [9.17, 15) is 4.79 Å². The van der Waals surface area contributed by atoms with E-state index < -0.39 is 0 Å². The molecule has 0 aliphatic rings. The largest absolute Gasteiger partial charge is 0.302 e. The van der Waals surface area contributed by atoms with Gasteiger partial charge in [0.25, 0.3) is 5.91 Å². The van der Waals surface area contributed by atoms with E-state index in [1.165, 1.54) is 0 Å². The molecule has 0 saturated carbocycles. The summed E-state index contributed by atoms with van der Waals surface area (Å²) in [4.78, 5) is 22.4. The number of aryl methyl sites for hydroxylation is 2. The summed E-state index contributed by atoms with van der Waals surface area (Å²) in [6.45, 7) is 11.7. The van der Waals surface area contributed by atoms with Gasteiger partial charge in [-0.3, -0.25) is 9.69 Å². The number of carbonyl (C=O) groups excluding carboxylic acids is 1. The van der Waals surface area contributed by atoms with Gasteiger partial charge in [-0.25, -0.2) is 4.98 Å². The lowest BCUT2D eigenvalue weighted by atomic mass is 10.0. The van der Waals surface area contributed by atoms with Gasteiger partial charge in [0, 0.05) is 23.1 Å². The highest BCUT2D eigenvalue weighted by Crippen LogP contribution is 2.32. The van der Waals surface area contributed by atoms with Crippen LogP contribution < -0.4 is 4.90 Å². The molecular formula is C22H26BrN3OS. The fraction of sp³-hybridized carbons (Fsp3) is 0.364. The van der Waals surface area contributed by atoms with Crippen LogP contribution in [0.15, 0.2) is 40.9 Å². The third kappa shape index (κ3) is 4.62. The molecule has 0 N–H and O–H groups in total. The number of likely N-dealkylation sites (N-methyl/N-ethyl adjacent to an activating group) is 1. The number of amides is 1. The Morgan fingerprint density at radius 3 is 2.50 bits per heavy atom. The summed E-state index contributed by atoms with van der Waals surface area (Å²) >= 11 is 5.08. The molecule has 2 aromatic carbocycles. The van der Waals surface area contributed by atoms with Crippen molar-refractivity contribution in [2.24, 2.45) is 0 Å². The minimum absolute atomic E-state index is 0.0165. The molecule has 0 bridgehead atoms. The first kappa shape index (κ1) is 21.0. The van der Waals surface area contributed by atoms with Crippen molar-refractivity contribution in [2.75, 3.05) is 31.1 Å². The fourth-order valence-corrected chi connectivity index (χ4v) is 4.81. The molecule has 0 aliphatic heterocycles. The van der Waals surface area contributed by atoms with E-state index in [4.69, 9.17) is 4.98 Å². The topological polar surface area (TPSA) is 36.4 Å². The van der Waals surface area contributed by atoms with Gasteiger partial charge in [-0.15, -0.1) is 0 Å². The molecule has 0 aliphatic carbocycles. The number of hydrogen-bond donors (Lipinski definition) is 0. The number of halogens is 1. The Morgan fingerprint density at radius 2 is 1.82 bits per heavy atom. The molecule has 0 saturated heterocycles. The van der Waals surface area contributed by atoms with Crippen LogP contribution >= 0.6 is 27.3 Å². The van der Waals surface area contributed by atoms with Gasteiger partial charge in [0.05, 0.1) is 10.2 Å². The quantitative estimate of drug-likeness (QED) is 0.456. The van der Waals surface area contributed by atoms with Crippen molar-refractivity contribution in [2.45, 2.75) is 27.7 Å². The second-order valence-corrected chi connectivity index (χ2v) is 8.84. The van der Waals surface area contributed by atoms with Gasteiger partial charge in [0.1, 0.15) is 0 Å². The zero-order chi connectivity index (χ0) is 20.3. The van der Waals surface area contributed by atoms with E-state index >= 15 is 0 Å². The molecule has 3 aromatic rings. The Kier molecular flexibility index (Phi) is 6.86. The molecule has 0 radical (unpaired) electrons. The van der Waals surface area contributed by atoms with Gasteiger partial charge in [-0.2, -0.15) is 0 Å². The molecule has 1 aromatic heterocycles. The zero-order valence-electron chi connectivity index (χ0n) is 16.8. The lowest BCUT2D eigenvalue weighted by Crippen LogP contribution is -2.39. The molecule has 0 fully saturated rings. The van der Waals surface area contributed by atoms with Gasteiger partial charge in [0.2, 0.25) is 0 Å². The van der Waals surface area contributed by atoms with Crippen molar-refractivity contribution in [3.63, 3.8) is 0 Å². The molecule has 148 valence electrons. The molecule has 6 heteroatoms. The second kappa shape index (κ2) is 9.16. The van der Waals surface area contributed by atoms with Crippen LogP contribution in [0.1, 0.15) is 35.3 Å². The summed E-state index contributed by atoms with van der Waals surface area (Å²) in [5, 5.41) is 0.755. The molecule has 3 rings (SSSR count). The predicted molar refractivity (Wildman–Crippen MR) is 123 cm³/mol. The molecule has 0 spiro atoms. The minimum atomic E-state index is 0.0165. The maximum Gasteiger partial charge on any atom is 0.260 e. The highest BCUT2D eigenvalue weighted by molar-refractivity contribution is 9.10. The predicted octanol–water partition coefficient (Wildman–Crippen LogP) is 5.66. The highest BCUT2D eigenvalue weighted by atomic mass is 79.9. The number of anilines is 1. The summed E-state index contributed by atoms with van der Waals surface area (Å²) in [5.41, 5.74) is 3.82. The van der Waals surface area contributed by atoms with E-state index in [-0.39, 0.29) is 5.91 Å². The van der Waals surface area contributed by atoms with Crippen molar-refractivity contribution in [3.8, 4) is 0 Å². The van der Waals surface area contributed by atoms with Crippen molar-refractivity contribution < 1.29 is 4.79 Å². The average Bonchev–Trinajstić information content (AvgIpc) is 3.07. The van der Waals surface area contributed by atoms with E-state index in [1.54, 1.807) is 11.3 Å². The molecule has 0 unspecified atom stereocenters. The van der Waals surface area contributed by atoms with Gasteiger partial charge >= 0.3 is 0 Å². The first-order chi connectivity index (χ1) is 13.4. The number of aromatic nitrogens is 1. The van der Waals surface area contributed by atoms with Crippen molar-refractivity contribution in [1.29, 1.82) is 0 Å². The van der Waals surface area contributed by atoms with Crippen LogP contribution in [0.4, 0.5) is 5.13 Å². The van der Waals surface area contributed by atoms with Crippen LogP contribution in [0.5, 0.6) is 0 Å². The normalized spacial score (nSPS) is 11.4. The van der Waals surface area contributed by atoms with Gasteiger partial charge < -0.3 is 4.90 Å². The lowest BCUT2D eigenvalue weighted by Gasteiger charge is -2.25. The minimum Gasteiger partial charge on any atom is -0.302 e. The maximum absolute atomic E-state index is 13.5. The van der Waals surface area contributed by atoms with Crippen LogP contribution in [-0.4, -0.2) is 42.0 Å².